The molecule has 0 unspecified atom stereocenters. The van der Waals surface area contributed by atoms with Crippen molar-refractivity contribution in [1.82, 2.24) is 5.32 Å². The van der Waals surface area contributed by atoms with E-state index in [1.165, 1.54) is 31.2 Å². The molecule has 0 saturated carbocycles. The predicted octanol–water partition coefficient (Wildman–Crippen LogP) is -0.202. The second kappa shape index (κ2) is 6.89. The van der Waals surface area contributed by atoms with Crippen LogP contribution in [0.15, 0.2) is 24.3 Å². The number of carbonyl (C=O) groups is 3. The molecule has 22 heavy (non-hydrogen) atoms. The molecule has 1 aromatic rings. The fraction of sp³-hybridized carbons (Fsp3) is 0.250. The number of hydrogen-bond acceptors (Lipinski definition) is 6. The maximum absolute atomic E-state index is 12.0. The van der Waals surface area contributed by atoms with Crippen molar-refractivity contribution in [1.29, 1.82) is 0 Å². The van der Waals surface area contributed by atoms with Crippen molar-refractivity contribution in [3.63, 3.8) is 0 Å². The molecule has 4 N–H and O–H groups in total. The van der Waals surface area contributed by atoms with E-state index in [-0.39, 0.29) is 11.3 Å². The van der Waals surface area contributed by atoms with E-state index >= 15 is 0 Å². The lowest BCUT2D eigenvalue weighted by Gasteiger charge is -2.14. The molecule has 0 spiro atoms. The lowest BCUT2D eigenvalue weighted by molar-refractivity contribution is -0.127. The van der Waals surface area contributed by atoms with Crippen LogP contribution in [0.1, 0.15) is 17.3 Å². The molecule has 0 aromatic heterocycles. The van der Waals surface area contributed by atoms with Crippen molar-refractivity contribution < 1.29 is 27.5 Å². The summed E-state index contributed by atoms with van der Waals surface area (Å²) >= 11 is 0. The van der Waals surface area contributed by atoms with E-state index in [2.05, 4.69) is 4.72 Å². The minimum Gasteiger partial charge on any atom is -0.449 e. The fourth-order valence-corrected chi connectivity index (χ4v) is 2.03. The van der Waals surface area contributed by atoms with E-state index in [1.807, 2.05) is 0 Å². The van der Waals surface area contributed by atoms with Gasteiger partial charge in [-0.05, 0) is 19.1 Å². The lowest BCUT2D eigenvalue weighted by Crippen LogP contribution is -2.42. The zero-order chi connectivity index (χ0) is 16.9. The van der Waals surface area contributed by atoms with Crippen LogP contribution >= 0.6 is 0 Å². The molecular weight excluding hydrogens is 314 g/mol. The van der Waals surface area contributed by atoms with Gasteiger partial charge in [-0.3, -0.25) is 14.8 Å². The first-order chi connectivity index (χ1) is 10.1. The molecule has 0 radical (unpaired) electrons. The Morgan fingerprint density at radius 2 is 1.82 bits per heavy atom. The Bertz CT molecular complexity index is 701. The number of sulfonamides is 1. The van der Waals surface area contributed by atoms with Gasteiger partial charge in [-0.15, -0.1) is 0 Å². The van der Waals surface area contributed by atoms with Crippen LogP contribution < -0.4 is 15.8 Å². The molecule has 3 amide bonds. The van der Waals surface area contributed by atoms with Crippen LogP contribution in [0.25, 0.3) is 0 Å². The summed E-state index contributed by atoms with van der Waals surface area (Å²) in [6, 6.07) is 4.64. The Morgan fingerprint density at radius 3 is 2.36 bits per heavy atom. The van der Waals surface area contributed by atoms with Gasteiger partial charge >= 0.3 is 12.0 Å². The number of anilines is 1. The molecule has 0 fully saturated rings. The molecule has 0 bridgehead atoms. The summed E-state index contributed by atoms with van der Waals surface area (Å²) in [6.45, 7) is 1.24. The molecule has 0 aliphatic rings. The van der Waals surface area contributed by atoms with E-state index < -0.39 is 34.0 Å². The number of hydrogen-bond donors (Lipinski definition) is 3. The summed E-state index contributed by atoms with van der Waals surface area (Å²) in [6.07, 6.45) is -0.357. The number of imide groups is 1. The Balaban J connectivity index is 2.90. The highest BCUT2D eigenvalue weighted by Gasteiger charge is 2.22. The van der Waals surface area contributed by atoms with Gasteiger partial charge < -0.3 is 10.5 Å². The van der Waals surface area contributed by atoms with Crippen molar-refractivity contribution in [2.75, 3.05) is 11.0 Å². The van der Waals surface area contributed by atoms with Gasteiger partial charge in [-0.2, -0.15) is 0 Å². The first-order valence-electron chi connectivity index (χ1n) is 5.98. The standard InChI is InChI=1S/C12H15N3O6S/c1-7(10(16)14-12(13)18)21-11(17)8-5-3-4-6-9(8)15-22(2,19)20/h3-7,15H,1-2H3,(H3,13,14,16,18)/t7-/m0/s1. The number of ether oxygens (including phenoxy) is 1. The molecule has 120 valence electrons. The van der Waals surface area contributed by atoms with Crippen LogP contribution in [0.2, 0.25) is 0 Å². The third kappa shape index (κ3) is 5.40. The number of benzene rings is 1. The Labute approximate surface area is 126 Å². The van der Waals surface area contributed by atoms with Gasteiger partial charge in [0.1, 0.15) is 0 Å². The number of amides is 3. The molecule has 0 aliphatic carbocycles. The van der Waals surface area contributed by atoms with Crippen LogP contribution in [0, 0.1) is 0 Å². The Morgan fingerprint density at radius 1 is 1.23 bits per heavy atom. The zero-order valence-corrected chi connectivity index (χ0v) is 12.6. The largest absolute Gasteiger partial charge is 0.449 e. The number of esters is 1. The number of primary amides is 1. The van der Waals surface area contributed by atoms with E-state index in [0.717, 1.165) is 6.26 Å². The summed E-state index contributed by atoms with van der Waals surface area (Å²) in [4.78, 5) is 34.0. The molecule has 0 aliphatic heterocycles. The molecule has 9 nitrogen and oxygen atoms in total. The number of rotatable bonds is 5. The average molecular weight is 329 g/mol. The predicted molar refractivity (Wildman–Crippen MR) is 77.5 cm³/mol. The van der Waals surface area contributed by atoms with Gasteiger partial charge in [0.15, 0.2) is 6.10 Å². The van der Waals surface area contributed by atoms with Crippen LogP contribution in [0.3, 0.4) is 0 Å². The summed E-state index contributed by atoms with van der Waals surface area (Å²) in [5, 5.41) is 1.76. The summed E-state index contributed by atoms with van der Waals surface area (Å²) in [7, 11) is -3.59. The molecule has 1 rings (SSSR count). The average Bonchev–Trinajstić information content (AvgIpc) is 2.36. The van der Waals surface area contributed by atoms with Gasteiger partial charge in [-0.1, -0.05) is 12.1 Å². The van der Waals surface area contributed by atoms with Gasteiger partial charge in [0, 0.05) is 0 Å². The third-order valence-corrected chi connectivity index (χ3v) is 2.93. The highest BCUT2D eigenvalue weighted by molar-refractivity contribution is 7.92. The number of para-hydroxylation sites is 1. The van der Waals surface area contributed by atoms with Crippen LogP contribution in [-0.2, 0) is 19.6 Å². The van der Waals surface area contributed by atoms with Gasteiger partial charge in [-0.25, -0.2) is 18.0 Å². The fourth-order valence-electron chi connectivity index (χ4n) is 1.45. The van der Waals surface area contributed by atoms with Crippen LogP contribution in [0.5, 0.6) is 0 Å². The van der Waals surface area contributed by atoms with Gasteiger partial charge in [0.05, 0.1) is 17.5 Å². The van der Waals surface area contributed by atoms with Crippen LogP contribution in [0.4, 0.5) is 10.5 Å². The monoisotopic (exact) mass is 329 g/mol. The van der Waals surface area contributed by atoms with Crippen molar-refractivity contribution in [3.05, 3.63) is 29.8 Å². The number of carbonyl (C=O) groups excluding carboxylic acids is 3. The summed E-state index contributed by atoms with van der Waals surface area (Å²) < 4.78 is 29.5. The normalized spacial score (nSPS) is 12.1. The Kier molecular flexibility index (Phi) is 5.46. The quantitative estimate of drug-likeness (QED) is 0.638. The van der Waals surface area contributed by atoms with Crippen LogP contribution in [-0.4, -0.2) is 38.7 Å². The first-order valence-corrected chi connectivity index (χ1v) is 7.87. The maximum atomic E-state index is 12.0. The van der Waals surface area contributed by atoms with E-state index in [9.17, 15) is 22.8 Å². The highest BCUT2D eigenvalue weighted by atomic mass is 32.2. The van der Waals surface area contributed by atoms with E-state index in [1.54, 1.807) is 5.32 Å². The minimum atomic E-state index is -3.59. The minimum absolute atomic E-state index is 0.0116. The maximum Gasteiger partial charge on any atom is 0.341 e. The molecule has 1 aromatic carbocycles. The zero-order valence-electron chi connectivity index (χ0n) is 11.8. The Hall–Kier alpha value is -2.62. The molecular formula is C12H15N3O6S. The number of nitrogens with one attached hydrogen (secondary N) is 2. The van der Waals surface area contributed by atoms with Gasteiger partial charge in [0.25, 0.3) is 5.91 Å². The first kappa shape index (κ1) is 17.4. The molecule has 0 saturated heterocycles. The van der Waals surface area contributed by atoms with Crippen molar-refractivity contribution in [2.24, 2.45) is 5.73 Å². The number of urea groups is 1. The highest BCUT2D eigenvalue weighted by Crippen LogP contribution is 2.18. The van der Waals surface area contributed by atoms with Crippen molar-refractivity contribution in [3.8, 4) is 0 Å². The number of nitrogens with two attached hydrogens (primary N) is 1. The second-order valence-electron chi connectivity index (χ2n) is 4.32. The SMILES string of the molecule is C[C@H](OC(=O)c1ccccc1NS(C)(=O)=O)C(=O)NC(N)=O. The molecule has 10 heteroatoms. The summed E-state index contributed by atoms with van der Waals surface area (Å²) in [5.41, 5.74) is 4.71. The third-order valence-electron chi connectivity index (χ3n) is 2.34. The van der Waals surface area contributed by atoms with Crippen molar-refractivity contribution in [2.45, 2.75) is 13.0 Å². The summed E-state index contributed by atoms with van der Waals surface area (Å²) in [5.74, 6) is -1.83. The van der Waals surface area contributed by atoms with Crippen molar-refractivity contribution >= 4 is 33.6 Å². The van der Waals surface area contributed by atoms with Gasteiger partial charge in [0.2, 0.25) is 10.0 Å². The lowest BCUT2D eigenvalue weighted by atomic mass is 10.2. The molecule has 0 heterocycles. The molecule has 1 atom stereocenters. The smallest absolute Gasteiger partial charge is 0.341 e. The topological polar surface area (TPSA) is 145 Å². The van der Waals surface area contributed by atoms with E-state index in [4.69, 9.17) is 10.5 Å². The second-order valence-corrected chi connectivity index (χ2v) is 6.07. The van der Waals surface area contributed by atoms with E-state index in [0.29, 0.717) is 0 Å².